The molecule has 0 spiro atoms. The molecule has 2 aromatic heterocycles. The molecule has 1 aliphatic heterocycles. The van der Waals surface area contributed by atoms with Gasteiger partial charge in [0.2, 0.25) is 32.1 Å². The van der Waals surface area contributed by atoms with Gasteiger partial charge in [0, 0.05) is 13.0 Å². The highest BCUT2D eigenvalue weighted by Gasteiger charge is 2.31. The minimum absolute atomic E-state index is 0.00486. The van der Waals surface area contributed by atoms with Gasteiger partial charge in [-0.2, -0.15) is 0 Å². The van der Waals surface area contributed by atoms with Crippen molar-refractivity contribution in [2.24, 2.45) is 11.7 Å². The minimum Gasteiger partial charge on any atom is -0.364 e. The number of fused-ring (bicyclic) bond motifs is 1. The van der Waals surface area contributed by atoms with Crippen LogP contribution in [0.4, 0.5) is 16.1 Å². The third-order valence-corrected chi connectivity index (χ3v) is 4.92. The SMILES string of the molecule is CS(=O)(=O)Nc1nnc(NC(=O)CC2Cn3cnc(C(N)=O)c3NC2=O)s1. The van der Waals surface area contributed by atoms with E-state index in [1.807, 2.05) is 0 Å². The second kappa shape index (κ2) is 6.92. The molecule has 0 fully saturated rings. The number of anilines is 3. The van der Waals surface area contributed by atoms with Crippen molar-refractivity contribution < 1.29 is 22.8 Å². The summed E-state index contributed by atoms with van der Waals surface area (Å²) in [5.41, 5.74) is 5.13. The van der Waals surface area contributed by atoms with E-state index in [1.54, 1.807) is 0 Å². The van der Waals surface area contributed by atoms with Crippen molar-refractivity contribution in [2.75, 3.05) is 21.6 Å². The molecule has 0 saturated carbocycles. The number of primary amides is 1. The fraction of sp³-hybridized carbons (Fsp3) is 0.333. The number of aromatic nitrogens is 4. The Labute approximate surface area is 156 Å². The number of nitrogens with two attached hydrogens (primary N) is 1. The number of carbonyl (C=O) groups excluding carboxylic acids is 3. The van der Waals surface area contributed by atoms with Gasteiger partial charge >= 0.3 is 0 Å². The van der Waals surface area contributed by atoms with Crippen molar-refractivity contribution in [3.63, 3.8) is 0 Å². The molecule has 0 bridgehead atoms. The molecule has 0 aromatic carbocycles. The van der Waals surface area contributed by atoms with Crippen LogP contribution in [0.15, 0.2) is 6.33 Å². The average Bonchev–Trinajstić information content (AvgIpc) is 3.12. The summed E-state index contributed by atoms with van der Waals surface area (Å²) in [5, 5.41) is 12.3. The maximum absolute atomic E-state index is 12.2. The zero-order valence-corrected chi connectivity index (χ0v) is 15.4. The zero-order chi connectivity index (χ0) is 19.8. The molecule has 0 aliphatic carbocycles. The summed E-state index contributed by atoms with van der Waals surface area (Å²) in [6.45, 7) is 0.145. The van der Waals surface area contributed by atoms with E-state index >= 15 is 0 Å². The summed E-state index contributed by atoms with van der Waals surface area (Å²) >= 11 is 0.834. The summed E-state index contributed by atoms with van der Waals surface area (Å²) in [5.74, 6) is -2.22. The molecule has 2 aromatic rings. The standard InChI is InChI=1S/C12H14N8O5S2/c1-27(24,25)19-12-18-17-11(26-12)15-6(21)2-5-3-20-4-14-7(8(13)22)9(20)16-10(5)23/h4-5H,2-3H2,1H3,(H2,13,22)(H,16,23)(H,18,19)(H,15,17,21). The number of rotatable bonds is 6. The Morgan fingerprint density at radius 1 is 1.41 bits per heavy atom. The zero-order valence-electron chi connectivity index (χ0n) is 13.8. The number of hydrogen-bond acceptors (Lipinski definition) is 9. The van der Waals surface area contributed by atoms with Crippen LogP contribution in [-0.4, -0.2) is 52.1 Å². The first kappa shape index (κ1) is 18.7. The third-order valence-electron chi connectivity index (χ3n) is 3.48. The number of nitrogens with one attached hydrogen (secondary N) is 3. The van der Waals surface area contributed by atoms with E-state index in [1.165, 1.54) is 10.9 Å². The fourth-order valence-corrected chi connectivity index (χ4v) is 3.89. The lowest BCUT2D eigenvalue weighted by Crippen LogP contribution is -2.36. The second-order valence-electron chi connectivity index (χ2n) is 5.68. The van der Waals surface area contributed by atoms with Crippen molar-refractivity contribution in [3.8, 4) is 0 Å². The Morgan fingerprint density at radius 2 is 2.11 bits per heavy atom. The molecule has 144 valence electrons. The van der Waals surface area contributed by atoms with Crippen LogP contribution in [0.25, 0.3) is 0 Å². The number of nitrogens with zero attached hydrogens (tertiary/aromatic N) is 4. The van der Waals surface area contributed by atoms with Gasteiger partial charge in [0.1, 0.15) is 5.82 Å². The van der Waals surface area contributed by atoms with Gasteiger partial charge in [0.05, 0.1) is 18.5 Å². The Hall–Kier alpha value is -3.07. The minimum atomic E-state index is -3.50. The van der Waals surface area contributed by atoms with Crippen molar-refractivity contribution >= 4 is 55.2 Å². The van der Waals surface area contributed by atoms with Gasteiger partial charge in [0.15, 0.2) is 5.69 Å². The van der Waals surface area contributed by atoms with Crippen LogP contribution < -0.4 is 21.1 Å². The van der Waals surface area contributed by atoms with E-state index in [0.29, 0.717) is 0 Å². The largest absolute Gasteiger partial charge is 0.364 e. The average molecular weight is 414 g/mol. The molecule has 5 N–H and O–H groups in total. The number of imidazole rings is 1. The monoisotopic (exact) mass is 414 g/mol. The fourth-order valence-electron chi connectivity index (χ4n) is 2.40. The highest BCUT2D eigenvalue weighted by Crippen LogP contribution is 2.25. The van der Waals surface area contributed by atoms with Gasteiger partial charge in [-0.1, -0.05) is 11.3 Å². The summed E-state index contributed by atoms with van der Waals surface area (Å²) in [7, 11) is -3.50. The van der Waals surface area contributed by atoms with Crippen LogP contribution >= 0.6 is 11.3 Å². The van der Waals surface area contributed by atoms with E-state index in [9.17, 15) is 22.8 Å². The first-order valence-corrected chi connectivity index (χ1v) is 10.1. The lowest BCUT2D eigenvalue weighted by Gasteiger charge is -2.23. The van der Waals surface area contributed by atoms with E-state index in [0.717, 1.165) is 17.6 Å². The van der Waals surface area contributed by atoms with Crippen LogP contribution in [0, 0.1) is 5.92 Å². The molecular formula is C12H14N8O5S2. The summed E-state index contributed by atoms with van der Waals surface area (Å²) in [4.78, 5) is 39.5. The number of hydrogen-bond donors (Lipinski definition) is 4. The molecule has 0 radical (unpaired) electrons. The van der Waals surface area contributed by atoms with Gasteiger partial charge in [0.25, 0.3) is 5.91 Å². The molecule has 3 amide bonds. The van der Waals surface area contributed by atoms with Crippen LogP contribution in [0.5, 0.6) is 0 Å². The summed E-state index contributed by atoms with van der Waals surface area (Å²) in [6, 6.07) is 0. The molecule has 1 aliphatic rings. The first-order chi connectivity index (χ1) is 12.6. The Kier molecular flexibility index (Phi) is 4.79. The predicted molar refractivity (Wildman–Crippen MR) is 94.5 cm³/mol. The normalized spacial score (nSPS) is 16.3. The molecule has 1 atom stereocenters. The van der Waals surface area contributed by atoms with E-state index in [4.69, 9.17) is 5.73 Å². The van der Waals surface area contributed by atoms with E-state index in [2.05, 4.69) is 30.5 Å². The summed E-state index contributed by atoms with van der Waals surface area (Å²) in [6.07, 6.45) is 2.15. The van der Waals surface area contributed by atoms with Gasteiger partial charge in [-0.15, -0.1) is 10.2 Å². The number of carbonyl (C=O) groups is 3. The van der Waals surface area contributed by atoms with Crippen LogP contribution in [0.1, 0.15) is 16.9 Å². The molecule has 0 saturated heterocycles. The van der Waals surface area contributed by atoms with E-state index < -0.39 is 33.7 Å². The molecule has 27 heavy (non-hydrogen) atoms. The van der Waals surface area contributed by atoms with Crippen LogP contribution in [0.3, 0.4) is 0 Å². The van der Waals surface area contributed by atoms with E-state index in [-0.39, 0.29) is 34.7 Å². The lowest BCUT2D eigenvalue weighted by molar-refractivity contribution is -0.125. The molecule has 3 heterocycles. The molecule has 1 unspecified atom stereocenters. The topological polar surface area (TPSA) is 191 Å². The summed E-state index contributed by atoms with van der Waals surface area (Å²) < 4.78 is 25.9. The number of amides is 3. The van der Waals surface area contributed by atoms with Gasteiger partial charge < -0.3 is 20.9 Å². The maximum atomic E-state index is 12.2. The van der Waals surface area contributed by atoms with Crippen LogP contribution in [-0.2, 0) is 26.2 Å². The van der Waals surface area contributed by atoms with Crippen molar-refractivity contribution in [1.82, 2.24) is 19.7 Å². The first-order valence-electron chi connectivity index (χ1n) is 7.39. The predicted octanol–water partition coefficient (Wildman–Crippen LogP) is -1.20. The van der Waals surface area contributed by atoms with Crippen molar-refractivity contribution in [3.05, 3.63) is 12.0 Å². The molecule has 13 nitrogen and oxygen atoms in total. The Morgan fingerprint density at radius 3 is 2.78 bits per heavy atom. The number of sulfonamides is 1. The third kappa shape index (κ3) is 4.37. The lowest BCUT2D eigenvalue weighted by atomic mass is 10.0. The molecule has 3 rings (SSSR count). The van der Waals surface area contributed by atoms with Gasteiger partial charge in [-0.05, 0) is 0 Å². The highest BCUT2D eigenvalue weighted by atomic mass is 32.2. The quantitative estimate of drug-likeness (QED) is 0.453. The second-order valence-corrected chi connectivity index (χ2v) is 8.41. The van der Waals surface area contributed by atoms with Crippen LogP contribution in [0.2, 0.25) is 0 Å². The smallest absolute Gasteiger partial charge is 0.271 e. The van der Waals surface area contributed by atoms with Gasteiger partial charge in [-0.25, -0.2) is 13.4 Å². The van der Waals surface area contributed by atoms with Crippen molar-refractivity contribution in [1.29, 1.82) is 0 Å². The Balaban J connectivity index is 1.63. The van der Waals surface area contributed by atoms with Crippen molar-refractivity contribution in [2.45, 2.75) is 13.0 Å². The molecule has 15 heteroatoms. The maximum Gasteiger partial charge on any atom is 0.271 e. The van der Waals surface area contributed by atoms with Gasteiger partial charge in [-0.3, -0.25) is 19.1 Å². The highest BCUT2D eigenvalue weighted by molar-refractivity contribution is 7.92. The Bertz CT molecular complexity index is 1030. The molecular weight excluding hydrogens is 400 g/mol.